The summed E-state index contributed by atoms with van der Waals surface area (Å²) in [6, 6.07) is 5.90. The summed E-state index contributed by atoms with van der Waals surface area (Å²) >= 11 is 5.53. The van der Waals surface area contributed by atoms with Gasteiger partial charge < -0.3 is 4.74 Å². The maximum atomic E-state index is 5.30. The Morgan fingerprint density at radius 3 is 2.94 bits per heavy atom. The van der Waals surface area contributed by atoms with Crippen LogP contribution in [0.15, 0.2) is 29.0 Å². The SMILES string of the molecule is COc1ccc(Br)cc1Cn1cnc(I)n1. The molecule has 6 heteroatoms. The van der Waals surface area contributed by atoms with E-state index < -0.39 is 0 Å². The molecule has 0 aliphatic carbocycles. The molecular weight excluding hydrogens is 385 g/mol. The Morgan fingerprint density at radius 2 is 2.31 bits per heavy atom. The first-order chi connectivity index (χ1) is 7.69. The summed E-state index contributed by atoms with van der Waals surface area (Å²) in [5.41, 5.74) is 1.07. The van der Waals surface area contributed by atoms with Gasteiger partial charge in [0.2, 0.25) is 3.83 Å². The van der Waals surface area contributed by atoms with Crippen LogP contribution in [-0.4, -0.2) is 21.9 Å². The quantitative estimate of drug-likeness (QED) is 0.752. The molecular formula is C10H9BrIN3O. The van der Waals surface area contributed by atoms with Gasteiger partial charge in [-0.15, -0.1) is 5.10 Å². The molecule has 0 atom stereocenters. The Hall–Kier alpha value is -0.630. The van der Waals surface area contributed by atoms with Crippen LogP contribution in [0.2, 0.25) is 0 Å². The molecule has 0 radical (unpaired) electrons. The smallest absolute Gasteiger partial charge is 0.211 e. The van der Waals surface area contributed by atoms with Crippen LogP contribution in [0.4, 0.5) is 0 Å². The molecule has 0 saturated carbocycles. The van der Waals surface area contributed by atoms with E-state index in [4.69, 9.17) is 4.74 Å². The summed E-state index contributed by atoms with van der Waals surface area (Å²) in [6.07, 6.45) is 1.71. The van der Waals surface area contributed by atoms with E-state index in [1.54, 1.807) is 18.1 Å². The molecule has 2 rings (SSSR count). The minimum Gasteiger partial charge on any atom is -0.496 e. The van der Waals surface area contributed by atoms with E-state index in [1.165, 1.54) is 0 Å². The third kappa shape index (κ3) is 2.73. The van der Waals surface area contributed by atoms with Crippen LogP contribution in [0.3, 0.4) is 0 Å². The Bertz CT molecular complexity index is 501. The summed E-state index contributed by atoms with van der Waals surface area (Å²) in [7, 11) is 1.66. The van der Waals surface area contributed by atoms with Crippen molar-refractivity contribution in [1.29, 1.82) is 0 Å². The summed E-state index contributed by atoms with van der Waals surface area (Å²) in [5, 5.41) is 4.23. The van der Waals surface area contributed by atoms with Crippen LogP contribution in [0, 0.1) is 3.83 Å². The van der Waals surface area contributed by atoms with Crippen molar-refractivity contribution in [3.8, 4) is 5.75 Å². The molecule has 4 nitrogen and oxygen atoms in total. The zero-order chi connectivity index (χ0) is 11.5. The minimum absolute atomic E-state index is 0.651. The van der Waals surface area contributed by atoms with Gasteiger partial charge in [-0.05, 0) is 18.2 Å². The second kappa shape index (κ2) is 5.13. The lowest BCUT2D eigenvalue weighted by Crippen LogP contribution is -2.02. The van der Waals surface area contributed by atoms with Crippen LogP contribution in [-0.2, 0) is 6.54 Å². The fourth-order valence-corrected chi connectivity index (χ4v) is 2.20. The molecule has 0 N–H and O–H groups in total. The summed E-state index contributed by atoms with van der Waals surface area (Å²) < 4.78 is 8.85. The fourth-order valence-electron chi connectivity index (χ4n) is 1.39. The third-order valence-electron chi connectivity index (χ3n) is 2.08. The van der Waals surface area contributed by atoms with Gasteiger partial charge in [0.1, 0.15) is 12.1 Å². The first kappa shape index (κ1) is 11.8. The highest BCUT2D eigenvalue weighted by atomic mass is 127. The average Bonchev–Trinajstić information content (AvgIpc) is 2.64. The number of ether oxygens (including phenoxy) is 1. The molecule has 0 bridgehead atoms. The predicted octanol–water partition coefficient (Wildman–Crippen LogP) is 2.70. The van der Waals surface area contributed by atoms with Crippen LogP contribution in [0.5, 0.6) is 5.75 Å². The van der Waals surface area contributed by atoms with Gasteiger partial charge >= 0.3 is 0 Å². The highest BCUT2D eigenvalue weighted by Gasteiger charge is 2.05. The molecule has 0 aliphatic rings. The van der Waals surface area contributed by atoms with Gasteiger partial charge in [-0.3, -0.25) is 0 Å². The van der Waals surface area contributed by atoms with E-state index in [-0.39, 0.29) is 0 Å². The van der Waals surface area contributed by atoms with E-state index >= 15 is 0 Å². The van der Waals surface area contributed by atoms with Crippen molar-refractivity contribution in [3.63, 3.8) is 0 Å². The normalized spacial score (nSPS) is 10.4. The monoisotopic (exact) mass is 393 g/mol. The van der Waals surface area contributed by atoms with Gasteiger partial charge in [0.05, 0.1) is 13.7 Å². The Morgan fingerprint density at radius 1 is 1.50 bits per heavy atom. The predicted molar refractivity (Wildman–Crippen MR) is 72.5 cm³/mol. The average molecular weight is 394 g/mol. The van der Waals surface area contributed by atoms with Crippen LogP contribution in [0.25, 0.3) is 0 Å². The molecule has 1 aromatic heterocycles. The summed E-state index contributed by atoms with van der Waals surface area (Å²) in [6.45, 7) is 0.651. The van der Waals surface area contributed by atoms with Crippen molar-refractivity contribution in [1.82, 2.24) is 14.8 Å². The molecule has 0 fully saturated rings. The molecule has 0 spiro atoms. The molecule has 2 aromatic rings. The molecule has 0 saturated heterocycles. The van der Waals surface area contributed by atoms with Crippen molar-refractivity contribution in [2.75, 3.05) is 7.11 Å². The van der Waals surface area contributed by atoms with E-state index in [9.17, 15) is 0 Å². The number of nitrogens with zero attached hydrogens (tertiary/aromatic N) is 3. The molecule has 16 heavy (non-hydrogen) atoms. The van der Waals surface area contributed by atoms with E-state index in [0.717, 1.165) is 19.6 Å². The minimum atomic E-state index is 0.651. The molecule has 0 amide bonds. The lowest BCUT2D eigenvalue weighted by atomic mass is 10.2. The van der Waals surface area contributed by atoms with Gasteiger partial charge in [0.15, 0.2) is 0 Å². The zero-order valence-electron chi connectivity index (χ0n) is 8.52. The van der Waals surface area contributed by atoms with Crippen LogP contribution < -0.4 is 4.74 Å². The molecule has 0 aliphatic heterocycles. The number of benzene rings is 1. The Labute approximate surface area is 115 Å². The number of rotatable bonds is 3. The van der Waals surface area contributed by atoms with Gasteiger partial charge in [-0.25, -0.2) is 9.67 Å². The van der Waals surface area contributed by atoms with E-state index in [0.29, 0.717) is 6.54 Å². The van der Waals surface area contributed by atoms with Crippen molar-refractivity contribution in [2.24, 2.45) is 0 Å². The second-order valence-corrected chi connectivity index (χ2v) is 5.05. The number of halogens is 2. The standard InChI is InChI=1S/C10H9BrIN3O/c1-16-9-3-2-8(11)4-7(9)5-15-6-13-10(12)14-15/h2-4,6H,5H2,1H3. The van der Waals surface area contributed by atoms with Gasteiger partial charge in [-0.1, -0.05) is 15.9 Å². The number of hydrogen-bond donors (Lipinski definition) is 0. The Balaban J connectivity index is 2.29. The first-order valence-corrected chi connectivity index (χ1v) is 6.43. The fraction of sp³-hybridized carbons (Fsp3) is 0.200. The van der Waals surface area contributed by atoms with Gasteiger partial charge in [0, 0.05) is 32.6 Å². The Kier molecular flexibility index (Phi) is 3.80. The highest BCUT2D eigenvalue weighted by molar-refractivity contribution is 14.1. The highest BCUT2D eigenvalue weighted by Crippen LogP contribution is 2.23. The molecule has 0 unspecified atom stereocenters. The largest absolute Gasteiger partial charge is 0.496 e. The third-order valence-corrected chi connectivity index (χ3v) is 3.07. The van der Waals surface area contributed by atoms with Crippen molar-refractivity contribution >= 4 is 38.5 Å². The molecule has 1 aromatic carbocycles. The van der Waals surface area contributed by atoms with Crippen LogP contribution in [0.1, 0.15) is 5.56 Å². The van der Waals surface area contributed by atoms with Gasteiger partial charge in [0.25, 0.3) is 0 Å². The van der Waals surface area contributed by atoms with Crippen LogP contribution >= 0.6 is 38.5 Å². The summed E-state index contributed by atoms with van der Waals surface area (Å²) in [4.78, 5) is 4.08. The number of aromatic nitrogens is 3. The number of methoxy groups -OCH3 is 1. The van der Waals surface area contributed by atoms with Crippen molar-refractivity contribution < 1.29 is 4.74 Å². The molecule has 84 valence electrons. The van der Waals surface area contributed by atoms with Crippen molar-refractivity contribution in [3.05, 3.63) is 38.4 Å². The molecule has 1 heterocycles. The zero-order valence-corrected chi connectivity index (χ0v) is 12.3. The van der Waals surface area contributed by atoms with E-state index in [2.05, 4.69) is 48.6 Å². The topological polar surface area (TPSA) is 39.9 Å². The maximum Gasteiger partial charge on any atom is 0.211 e. The lowest BCUT2D eigenvalue weighted by Gasteiger charge is -2.08. The van der Waals surface area contributed by atoms with E-state index in [1.807, 2.05) is 18.2 Å². The first-order valence-electron chi connectivity index (χ1n) is 4.56. The maximum absolute atomic E-state index is 5.30. The van der Waals surface area contributed by atoms with Gasteiger partial charge in [-0.2, -0.15) is 0 Å². The number of hydrogen-bond acceptors (Lipinski definition) is 3. The lowest BCUT2D eigenvalue weighted by molar-refractivity contribution is 0.407. The second-order valence-electron chi connectivity index (χ2n) is 3.17. The van der Waals surface area contributed by atoms with Crippen molar-refractivity contribution in [2.45, 2.75) is 6.54 Å². The summed E-state index contributed by atoms with van der Waals surface area (Å²) in [5.74, 6) is 0.855.